The molecule has 0 bridgehead atoms. The second-order valence-electron chi connectivity index (χ2n) is 8.52. The highest BCUT2D eigenvalue weighted by atomic mass is 16.2. The first-order valence-electron chi connectivity index (χ1n) is 11.2. The van der Waals surface area contributed by atoms with Gasteiger partial charge in [0, 0.05) is 37.1 Å². The maximum absolute atomic E-state index is 13.3. The Labute approximate surface area is 199 Å². The van der Waals surface area contributed by atoms with Gasteiger partial charge < -0.3 is 10.2 Å². The van der Waals surface area contributed by atoms with E-state index in [1.807, 2.05) is 31.2 Å². The fourth-order valence-electron chi connectivity index (χ4n) is 3.62. The Morgan fingerprint density at radius 1 is 0.882 bits per heavy atom. The number of carbonyl (C=O) groups is 2. The number of rotatable bonds is 6. The molecular formula is C28H28N4O2. The number of nitrogens with zero attached hydrogens (tertiary/aromatic N) is 3. The summed E-state index contributed by atoms with van der Waals surface area (Å²) in [6.07, 6.45) is 1.79. The third-order valence-electron chi connectivity index (χ3n) is 5.78. The monoisotopic (exact) mass is 452 g/mol. The molecule has 0 saturated heterocycles. The van der Waals surface area contributed by atoms with Crippen LogP contribution in [0.5, 0.6) is 0 Å². The van der Waals surface area contributed by atoms with Gasteiger partial charge in [0.05, 0.1) is 12.1 Å². The largest absolute Gasteiger partial charge is 0.322 e. The minimum atomic E-state index is -0.238. The zero-order valence-corrected chi connectivity index (χ0v) is 19.9. The molecule has 1 aromatic heterocycles. The van der Waals surface area contributed by atoms with Crippen LogP contribution >= 0.6 is 0 Å². The number of aryl methyl sites for hydroxylation is 2. The molecule has 6 nitrogen and oxygen atoms in total. The zero-order chi connectivity index (χ0) is 24.2. The molecule has 34 heavy (non-hydrogen) atoms. The van der Waals surface area contributed by atoms with E-state index in [-0.39, 0.29) is 11.8 Å². The number of carbonyl (C=O) groups excluding carboxylic acids is 2. The van der Waals surface area contributed by atoms with Gasteiger partial charge in [-0.2, -0.15) is 5.10 Å². The number of hydrogen-bond donors (Lipinski definition) is 1. The molecule has 4 aromatic rings. The molecule has 2 amide bonds. The molecule has 0 aliphatic heterocycles. The molecule has 4 rings (SSSR count). The SMILES string of the molecule is CC(=O)N(C)c1ccc(NC(=O)c2cn(Cc3ccc(C)cc3)nc2-c2ccc(C)cc2)cc1. The average molecular weight is 453 g/mol. The maximum Gasteiger partial charge on any atom is 0.259 e. The number of aromatic nitrogens is 2. The van der Waals surface area contributed by atoms with Crippen LogP contribution in [0.2, 0.25) is 0 Å². The van der Waals surface area contributed by atoms with Crippen molar-refractivity contribution in [2.24, 2.45) is 0 Å². The molecule has 0 aliphatic rings. The first-order chi connectivity index (χ1) is 16.3. The summed E-state index contributed by atoms with van der Waals surface area (Å²) in [5.74, 6) is -0.293. The van der Waals surface area contributed by atoms with E-state index in [1.54, 1.807) is 47.1 Å². The standard InChI is InChI=1S/C28H28N4O2/c1-19-5-9-22(10-6-19)17-32-18-26(27(30-32)23-11-7-20(2)8-12-23)28(34)29-24-13-15-25(16-14-24)31(4)21(3)33/h5-16,18H,17H2,1-4H3,(H,29,34). The molecule has 0 aliphatic carbocycles. The summed E-state index contributed by atoms with van der Waals surface area (Å²) in [7, 11) is 1.71. The molecule has 0 atom stereocenters. The van der Waals surface area contributed by atoms with Crippen LogP contribution in [0.15, 0.2) is 79.0 Å². The van der Waals surface area contributed by atoms with Crippen molar-refractivity contribution in [1.82, 2.24) is 9.78 Å². The van der Waals surface area contributed by atoms with Gasteiger partial charge in [0.25, 0.3) is 5.91 Å². The van der Waals surface area contributed by atoms with E-state index in [1.165, 1.54) is 12.5 Å². The van der Waals surface area contributed by atoms with Crippen molar-refractivity contribution in [1.29, 1.82) is 0 Å². The van der Waals surface area contributed by atoms with Crippen molar-refractivity contribution in [3.05, 3.63) is 101 Å². The van der Waals surface area contributed by atoms with Gasteiger partial charge >= 0.3 is 0 Å². The van der Waals surface area contributed by atoms with Gasteiger partial charge in [-0.25, -0.2) is 0 Å². The Morgan fingerprint density at radius 3 is 2.06 bits per heavy atom. The lowest BCUT2D eigenvalue weighted by atomic mass is 10.1. The smallest absolute Gasteiger partial charge is 0.259 e. The first-order valence-corrected chi connectivity index (χ1v) is 11.2. The molecule has 3 aromatic carbocycles. The molecule has 0 fully saturated rings. The van der Waals surface area contributed by atoms with Gasteiger partial charge in [-0.05, 0) is 43.7 Å². The summed E-state index contributed by atoms with van der Waals surface area (Å²) >= 11 is 0. The van der Waals surface area contributed by atoms with Gasteiger partial charge in [-0.15, -0.1) is 0 Å². The first kappa shape index (κ1) is 23.0. The van der Waals surface area contributed by atoms with Crippen molar-refractivity contribution in [3.63, 3.8) is 0 Å². The van der Waals surface area contributed by atoms with E-state index >= 15 is 0 Å². The lowest BCUT2D eigenvalue weighted by Crippen LogP contribution is -2.22. The molecule has 0 unspecified atom stereocenters. The summed E-state index contributed by atoms with van der Waals surface area (Å²) in [6.45, 7) is 6.16. The van der Waals surface area contributed by atoms with Crippen LogP contribution in [0.1, 0.15) is 34.0 Å². The predicted octanol–water partition coefficient (Wildman–Crippen LogP) is 5.45. The van der Waals surface area contributed by atoms with Crippen LogP contribution in [0.25, 0.3) is 11.3 Å². The number of anilines is 2. The van der Waals surface area contributed by atoms with Gasteiger partial charge in [0.1, 0.15) is 5.69 Å². The van der Waals surface area contributed by atoms with Crippen LogP contribution in [0.3, 0.4) is 0 Å². The highest BCUT2D eigenvalue weighted by Crippen LogP contribution is 2.25. The summed E-state index contributed by atoms with van der Waals surface area (Å²) in [5.41, 5.74) is 6.88. The number of benzene rings is 3. The second kappa shape index (κ2) is 9.75. The summed E-state index contributed by atoms with van der Waals surface area (Å²) in [6, 6.07) is 23.5. The topological polar surface area (TPSA) is 67.2 Å². The minimum Gasteiger partial charge on any atom is -0.322 e. The fraction of sp³-hybridized carbons (Fsp3) is 0.179. The maximum atomic E-state index is 13.3. The van der Waals surface area contributed by atoms with Crippen molar-refractivity contribution in [3.8, 4) is 11.3 Å². The minimum absolute atomic E-state index is 0.0551. The van der Waals surface area contributed by atoms with Crippen molar-refractivity contribution < 1.29 is 9.59 Å². The Balaban J connectivity index is 1.62. The lowest BCUT2D eigenvalue weighted by Gasteiger charge is -2.15. The summed E-state index contributed by atoms with van der Waals surface area (Å²) < 4.78 is 1.81. The molecule has 0 spiro atoms. The molecule has 1 heterocycles. The van der Waals surface area contributed by atoms with Crippen LogP contribution in [-0.2, 0) is 11.3 Å². The predicted molar refractivity (Wildman–Crippen MR) is 136 cm³/mol. The Kier molecular flexibility index (Phi) is 6.59. The van der Waals surface area contributed by atoms with Crippen LogP contribution in [0.4, 0.5) is 11.4 Å². The van der Waals surface area contributed by atoms with Crippen LogP contribution < -0.4 is 10.2 Å². The number of hydrogen-bond acceptors (Lipinski definition) is 3. The summed E-state index contributed by atoms with van der Waals surface area (Å²) in [5, 5.41) is 7.72. The highest BCUT2D eigenvalue weighted by molar-refractivity contribution is 6.08. The van der Waals surface area contributed by atoms with Gasteiger partial charge in [0.2, 0.25) is 5.91 Å². The molecular weight excluding hydrogens is 424 g/mol. The Morgan fingerprint density at radius 2 is 1.47 bits per heavy atom. The Hall–Kier alpha value is -4.19. The number of amides is 2. The van der Waals surface area contributed by atoms with Gasteiger partial charge in [-0.1, -0.05) is 59.7 Å². The van der Waals surface area contributed by atoms with Crippen molar-refractivity contribution >= 4 is 23.2 Å². The van der Waals surface area contributed by atoms with E-state index in [0.717, 1.165) is 22.4 Å². The molecule has 1 N–H and O–H groups in total. The third kappa shape index (κ3) is 5.23. The summed E-state index contributed by atoms with van der Waals surface area (Å²) in [4.78, 5) is 26.4. The zero-order valence-electron chi connectivity index (χ0n) is 19.9. The molecule has 172 valence electrons. The fourth-order valence-corrected chi connectivity index (χ4v) is 3.62. The lowest BCUT2D eigenvalue weighted by molar-refractivity contribution is -0.116. The van der Waals surface area contributed by atoms with E-state index in [2.05, 4.69) is 36.5 Å². The van der Waals surface area contributed by atoms with Gasteiger partial charge in [-0.3, -0.25) is 14.3 Å². The van der Waals surface area contributed by atoms with Crippen molar-refractivity contribution in [2.75, 3.05) is 17.3 Å². The number of nitrogens with one attached hydrogen (secondary N) is 1. The van der Waals surface area contributed by atoms with Crippen molar-refractivity contribution in [2.45, 2.75) is 27.3 Å². The molecule has 6 heteroatoms. The molecule has 0 saturated carbocycles. The molecule has 0 radical (unpaired) electrons. The second-order valence-corrected chi connectivity index (χ2v) is 8.52. The van der Waals surface area contributed by atoms with E-state index in [9.17, 15) is 9.59 Å². The Bertz CT molecular complexity index is 1300. The third-order valence-corrected chi connectivity index (χ3v) is 5.78. The van der Waals surface area contributed by atoms with Crippen LogP contribution in [-0.4, -0.2) is 28.6 Å². The van der Waals surface area contributed by atoms with E-state index in [0.29, 0.717) is 23.5 Å². The quantitative estimate of drug-likeness (QED) is 0.423. The highest BCUT2D eigenvalue weighted by Gasteiger charge is 2.19. The van der Waals surface area contributed by atoms with Gasteiger partial charge in [0.15, 0.2) is 0 Å². The van der Waals surface area contributed by atoms with E-state index < -0.39 is 0 Å². The van der Waals surface area contributed by atoms with Crippen LogP contribution in [0, 0.1) is 13.8 Å². The van der Waals surface area contributed by atoms with E-state index in [4.69, 9.17) is 5.10 Å². The normalized spacial score (nSPS) is 10.7. The average Bonchev–Trinajstić information content (AvgIpc) is 3.25.